The normalized spacial score (nSPS) is 24.5. The molecule has 20 heavy (non-hydrogen) atoms. The number of nitrogens with zero attached hydrogens (tertiary/aromatic N) is 1. The molecule has 0 amide bonds. The SMILES string of the molecule is O=c1[nH][nH]c(C2CCCCC2)c1C=NC1CC=CCC1. The van der Waals surface area contributed by atoms with Crippen molar-refractivity contribution in [1.82, 2.24) is 10.2 Å². The standard InChI is InChI=1S/C16H23N3O/c20-16-14(11-17-13-9-5-2-6-10-13)15(18-19-16)12-7-3-1-4-8-12/h2,5,11-13H,1,3-4,6-10H2,(H2,18,19,20). The average molecular weight is 273 g/mol. The topological polar surface area (TPSA) is 61.0 Å². The minimum atomic E-state index is -0.0272. The Kier molecular flexibility index (Phi) is 4.19. The number of allylic oxidation sites excluding steroid dienone is 1. The quantitative estimate of drug-likeness (QED) is 0.644. The first kappa shape index (κ1) is 13.4. The van der Waals surface area contributed by atoms with Crippen LogP contribution in [-0.2, 0) is 0 Å². The third kappa shape index (κ3) is 2.94. The highest BCUT2D eigenvalue weighted by Crippen LogP contribution is 2.32. The molecule has 2 aliphatic rings. The molecule has 1 aromatic heterocycles. The van der Waals surface area contributed by atoms with E-state index >= 15 is 0 Å². The van der Waals surface area contributed by atoms with Crippen LogP contribution in [0.4, 0.5) is 0 Å². The van der Waals surface area contributed by atoms with Gasteiger partial charge in [0.1, 0.15) is 0 Å². The van der Waals surface area contributed by atoms with E-state index in [2.05, 4.69) is 27.3 Å². The summed E-state index contributed by atoms with van der Waals surface area (Å²) in [5.74, 6) is 0.496. The molecule has 3 rings (SSSR count). The second-order valence-corrected chi connectivity index (χ2v) is 5.96. The molecular weight excluding hydrogens is 250 g/mol. The van der Waals surface area contributed by atoms with Gasteiger partial charge < -0.3 is 5.10 Å². The van der Waals surface area contributed by atoms with Gasteiger partial charge in [0.25, 0.3) is 5.56 Å². The van der Waals surface area contributed by atoms with E-state index in [0.29, 0.717) is 12.0 Å². The molecule has 1 aromatic rings. The summed E-state index contributed by atoms with van der Waals surface area (Å²) in [5, 5.41) is 5.83. The number of hydrogen-bond donors (Lipinski definition) is 2. The van der Waals surface area contributed by atoms with E-state index in [1.165, 1.54) is 32.1 Å². The van der Waals surface area contributed by atoms with Crippen LogP contribution < -0.4 is 5.56 Å². The molecule has 1 heterocycles. The lowest BCUT2D eigenvalue weighted by molar-refractivity contribution is 0.436. The van der Waals surface area contributed by atoms with Gasteiger partial charge in [-0.25, -0.2) is 0 Å². The number of aliphatic imine (C=N–C) groups is 1. The molecule has 0 aromatic carbocycles. The van der Waals surface area contributed by atoms with Gasteiger partial charge in [-0.1, -0.05) is 31.4 Å². The van der Waals surface area contributed by atoms with Crippen molar-refractivity contribution in [2.24, 2.45) is 4.99 Å². The van der Waals surface area contributed by atoms with Crippen LogP contribution in [0.3, 0.4) is 0 Å². The lowest BCUT2D eigenvalue weighted by Crippen LogP contribution is -2.13. The van der Waals surface area contributed by atoms with E-state index < -0.39 is 0 Å². The Morgan fingerprint density at radius 3 is 2.70 bits per heavy atom. The summed E-state index contributed by atoms with van der Waals surface area (Å²) >= 11 is 0. The highest BCUT2D eigenvalue weighted by Gasteiger charge is 2.21. The fourth-order valence-electron chi connectivity index (χ4n) is 3.32. The second-order valence-electron chi connectivity index (χ2n) is 5.96. The maximum Gasteiger partial charge on any atom is 0.272 e. The molecule has 2 aliphatic carbocycles. The number of H-pyrrole nitrogens is 2. The molecule has 0 spiro atoms. The summed E-state index contributed by atoms with van der Waals surface area (Å²) in [5.41, 5.74) is 1.80. The molecule has 4 nitrogen and oxygen atoms in total. The Bertz CT molecular complexity index is 546. The Balaban J connectivity index is 1.78. The van der Waals surface area contributed by atoms with Crippen LogP contribution in [0.25, 0.3) is 0 Å². The zero-order chi connectivity index (χ0) is 13.8. The monoisotopic (exact) mass is 273 g/mol. The molecule has 1 saturated carbocycles. The number of nitrogens with one attached hydrogen (secondary N) is 2. The van der Waals surface area contributed by atoms with Crippen molar-refractivity contribution in [3.8, 4) is 0 Å². The molecule has 1 fully saturated rings. The lowest BCUT2D eigenvalue weighted by atomic mass is 9.86. The van der Waals surface area contributed by atoms with Crippen LogP contribution in [0.2, 0.25) is 0 Å². The van der Waals surface area contributed by atoms with Crippen molar-refractivity contribution >= 4 is 6.21 Å². The highest BCUT2D eigenvalue weighted by molar-refractivity contribution is 5.81. The van der Waals surface area contributed by atoms with Crippen LogP contribution in [-0.4, -0.2) is 22.5 Å². The van der Waals surface area contributed by atoms with E-state index in [1.54, 1.807) is 0 Å². The first-order valence-electron chi connectivity index (χ1n) is 7.83. The van der Waals surface area contributed by atoms with Crippen LogP contribution >= 0.6 is 0 Å². The van der Waals surface area contributed by atoms with Crippen molar-refractivity contribution < 1.29 is 0 Å². The van der Waals surface area contributed by atoms with E-state index in [4.69, 9.17) is 0 Å². The number of rotatable bonds is 3. The van der Waals surface area contributed by atoms with E-state index in [9.17, 15) is 4.79 Å². The molecule has 0 saturated heterocycles. The van der Waals surface area contributed by atoms with Crippen LogP contribution in [0, 0.1) is 0 Å². The zero-order valence-corrected chi connectivity index (χ0v) is 11.9. The first-order valence-corrected chi connectivity index (χ1v) is 7.83. The molecule has 0 bridgehead atoms. The van der Waals surface area contributed by atoms with Crippen LogP contribution in [0.1, 0.15) is 68.5 Å². The predicted octanol–water partition coefficient (Wildman–Crippen LogP) is 3.28. The molecule has 4 heteroatoms. The van der Waals surface area contributed by atoms with Crippen molar-refractivity contribution in [1.29, 1.82) is 0 Å². The van der Waals surface area contributed by atoms with Gasteiger partial charge >= 0.3 is 0 Å². The summed E-state index contributed by atoms with van der Waals surface area (Å²) in [4.78, 5) is 16.6. The smallest absolute Gasteiger partial charge is 0.272 e. The maximum absolute atomic E-state index is 12.0. The van der Waals surface area contributed by atoms with Crippen molar-refractivity contribution in [3.05, 3.63) is 33.8 Å². The number of aromatic nitrogens is 2. The molecule has 1 unspecified atom stereocenters. The van der Waals surface area contributed by atoms with Gasteiger partial charge in [0.15, 0.2) is 0 Å². The summed E-state index contributed by atoms with van der Waals surface area (Å²) in [7, 11) is 0. The summed E-state index contributed by atoms with van der Waals surface area (Å²) in [6.45, 7) is 0. The summed E-state index contributed by atoms with van der Waals surface area (Å²) < 4.78 is 0. The van der Waals surface area contributed by atoms with Gasteiger partial charge in [-0.3, -0.25) is 14.9 Å². The molecule has 2 N–H and O–H groups in total. The number of aromatic amines is 2. The predicted molar refractivity (Wildman–Crippen MR) is 81.6 cm³/mol. The Morgan fingerprint density at radius 1 is 1.10 bits per heavy atom. The van der Waals surface area contributed by atoms with Gasteiger partial charge in [0, 0.05) is 17.8 Å². The average Bonchev–Trinajstić information content (AvgIpc) is 2.88. The van der Waals surface area contributed by atoms with Crippen molar-refractivity contribution in [2.75, 3.05) is 0 Å². The largest absolute Gasteiger partial charge is 0.301 e. The van der Waals surface area contributed by atoms with E-state index in [1.807, 2.05) is 6.21 Å². The Labute approximate surface area is 119 Å². The molecule has 1 atom stereocenters. The fourth-order valence-corrected chi connectivity index (χ4v) is 3.32. The molecule has 0 aliphatic heterocycles. The second kappa shape index (κ2) is 6.25. The lowest BCUT2D eigenvalue weighted by Gasteiger charge is -2.20. The molecule has 108 valence electrons. The third-order valence-corrected chi connectivity index (χ3v) is 4.51. The maximum atomic E-state index is 12.0. The van der Waals surface area contributed by atoms with Gasteiger partial charge in [0.2, 0.25) is 0 Å². The third-order valence-electron chi connectivity index (χ3n) is 4.51. The summed E-state index contributed by atoms with van der Waals surface area (Å²) in [6.07, 6.45) is 15.6. The van der Waals surface area contributed by atoms with Gasteiger partial charge in [-0.15, -0.1) is 0 Å². The highest BCUT2D eigenvalue weighted by atomic mass is 16.1. The van der Waals surface area contributed by atoms with E-state index in [0.717, 1.165) is 30.5 Å². The van der Waals surface area contributed by atoms with Gasteiger partial charge in [0.05, 0.1) is 11.6 Å². The molecule has 0 radical (unpaired) electrons. The summed E-state index contributed by atoms with van der Waals surface area (Å²) in [6, 6.07) is 0.341. The minimum absolute atomic E-state index is 0.0272. The van der Waals surface area contributed by atoms with Crippen LogP contribution in [0.5, 0.6) is 0 Å². The zero-order valence-electron chi connectivity index (χ0n) is 11.9. The van der Waals surface area contributed by atoms with E-state index in [-0.39, 0.29) is 5.56 Å². The van der Waals surface area contributed by atoms with Gasteiger partial charge in [-0.05, 0) is 32.1 Å². The number of hydrogen-bond acceptors (Lipinski definition) is 2. The minimum Gasteiger partial charge on any atom is -0.301 e. The van der Waals surface area contributed by atoms with Crippen molar-refractivity contribution in [2.45, 2.75) is 63.3 Å². The Morgan fingerprint density at radius 2 is 1.95 bits per heavy atom. The fraction of sp³-hybridized carbons (Fsp3) is 0.625. The van der Waals surface area contributed by atoms with Gasteiger partial charge in [-0.2, -0.15) is 0 Å². The Hall–Kier alpha value is -1.58. The molecular formula is C16H23N3O. The van der Waals surface area contributed by atoms with Crippen LogP contribution in [0.15, 0.2) is 21.9 Å². The van der Waals surface area contributed by atoms with Crippen molar-refractivity contribution in [3.63, 3.8) is 0 Å². The first-order chi connectivity index (χ1) is 9.84.